The van der Waals surface area contributed by atoms with Crippen LogP contribution in [-0.2, 0) is 6.61 Å². The van der Waals surface area contributed by atoms with Crippen LogP contribution in [0.4, 0.5) is 0 Å². The largest absolute Gasteiger partial charge is 0.493 e. The molecular formula is C28H26N4O2. The summed E-state index contributed by atoms with van der Waals surface area (Å²) in [5.41, 5.74) is 8.66. The average Bonchev–Trinajstić information content (AvgIpc) is 2.87. The molecule has 2 aromatic rings. The molecule has 0 heterocycles. The molecule has 0 aliphatic heterocycles. The molecule has 170 valence electrons. The standard InChI is InChI=1S/C28H26N4O2/c1-18-8-10-21-22(12-18)26(28(16-30,17-31)27(32)23(21)14-29)20-9-11-24(25(13-20)33-2)34-15-19-6-4-3-5-7-19/h3-7,9,11,13,18,26H,8,10,12,15,32H2,1-2H3/t18-,26+/m0/s1. The Labute approximate surface area is 200 Å². The van der Waals surface area contributed by atoms with Crippen LogP contribution in [0.15, 0.2) is 70.9 Å². The van der Waals surface area contributed by atoms with Gasteiger partial charge in [0.2, 0.25) is 0 Å². The number of allylic oxidation sites excluding steroid dienone is 4. The zero-order valence-corrected chi connectivity index (χ0v) is 19.3. The molecule has 34 heavy (non-hydrogen) atoms. The minimum Gasteiger partial charge on any atom is -0.493 e. The predicted octanol–water partition coefficient (Wildman–Crippen LogP) is 5.26. The van der Waals surface area contributed by atoms with Gasteiger partial charge in [-0.25, -0.2) is 0 Å². The SMILES string of the molecule is COc1cc([C@@H]2C3=C(CC[C@H](C)C3)C(C#N)=C(N)C2(C#N)C#N)ccc1OCc1ccccc1. The summed E-state index contributed by atoms with van der Waals surface area (Å²) in [6.07, 6.45) is 2.35. The monoisotopic (exact) mass is 450 g/mol. The van der Waals surface area contributed by atoms with Crippen LogP contribution in [0.2, 0.25) is 0 Å². The number of benzene rings is 2. The maximum Gasteiger partial charge on any atom is 0.194 e. The molecule has 2 aliphatic carbocycles. The third kappa shape index (κ3) is 3.76. The van der Waals surface area contributed by atoms with Gasteiger partial charge in [0, 0.05) is 5.92 Å². The normalized spacial score (nSPS) is 21.0. The van der Waals surface area contributed by atoms with E-state index >= 15 is 0 Å². The molecular weight excluding hydrogens is 424 g/mol. The molecule has 0 saturated carbocycles. The Balaban J connectivity index is 1.80. The molecule has 2 atom stereocenters. The number of methoxy groups -OCH3 is 1. The van der Waals surface area contributed by atoms with Crippen LogP contribution >= 0.6 is 0 Å². The molecule has 0 fully saturated rings. The van der Waals surface area contributed by atoms with Crippen molar-refractivity contribution in [3.8, 4) is 29.7 Å². The van der Waals surface area contributed by atoms with Crippen molar-refractivity contribution in [2.24, 2.45) is 17.1 Å². The first-order valence-corrected chi connectivity index (χ1v) is 11.3. The highest BCUT2D eigenvalue weighted by molar-refractivity contribution is 5.63. The lowest BCUT2D eigenvalue weighted by atomic mass is 9.59. The molecule has 0 amide bonds. The van der Waals surface area contributed by atoms with Gasteiger partial charge in [0.05, 0.1) is 30.5 Å². The molecule has 4 rings (SSSR count). The summed E-state index contributed by atoms with van der Waals surface area (Å²) in [5.74, 6) is 0.871. The maximum absolute atomic E-state index is 10.2. The van der Waals surface area contributed by atoms with Crippen molar-refractivity contribution in [3.05, 3.63) is 82.1 Å². The van der Waals surface area contributed by atoms with Crippen LogP contribution in [0.3, 0.4) is 0 Å². The smallest absolute Gasteiger partial charge is 0.194 e. The first kappa shape index (κ1) is 23.0. The Morgan fingerprint density at radius 3 is 2.44 bits per heavy atom. The van der Waals surface area contributed by atoms with Gasteiger partial charge in [-0.3, -0.25) is 0 Å². The van der Waals surface area contributed by atoms with Crippen LogP contribution in [0.5, 0.6) is 11.5 Å². The molecule has 0 saturated heterocycles. The fourth-order valence-electron chi connectivity index (χ4n) is 5.08. The third-order valence-corrected chi connectivity index (χ3v) is 6.84. The van der Waals surface area contributed by atoms with Gasteiger partial charge < -0.3 is 15.2 Å². The van der Waals surface area contributed by atoms with Crippen LogP contribution in [0.1, 0.15) is 43.2 Å². The number of ether oxygens (including phenoxy) is 2. The fraction of sp³-hybridized carbons (Fsp3) is 0.321. The van der Waals surface area contributed by atoms with Gasteiger partial charge in [0.25, 0.3) is 0 Å². The van der Waals surface area contributed by atoms with E-state index in [2.05, 4.69) is 25.1 Å². The summed E-state index contributed by atoms with van der Waals surface area (Å²) in [6, 6.07) is 21.8. The van der Waals surface area contributed by atoms with Gasteiger partial charge in [0.15, 0.2) is 16.9 Å². The quantitative estimate of drug-likeness (QED) is 0.664. The number of rotatable bonds is 5. The Kier molecular flexibility index (Phi) is 6.31. The third-order valence-electron chi connectivity index (χ3n) is 6.84. The first-order valence-electron chi connectivity index (χ1n) is 11.3. The second-order valence-corrected chi connectivity index (χ2v) is 8.90. The van der Waals surface area contributed by atoms with E-state index in [-0.39, 0.29) is 11.3 Å². The van der Waals surface area contributed by atoms with E-state index in [0.717, 1.165) is 28.7 Å². The molecule has 2 N–H and O–H groups in total. The highest BCUT2D eigenvalue weighted by atomic mass is 16.5. The Bertz CT molecular complexity index is 1270. The highest BCUT2D eigenvalue weighted by Crippen LogP contribution is 2.55. The van der Waals surface area contributed by atoms with E-state index in [1.807, 2.05) is 48.5 Å². The Hall–Kier alpha value is -4.21. The second-order valence-electron chi connectivity index (χ2n) is 8.90. The molecule has 0 bridgehead atoms. The second kappa shape index (κ2) is 9.34. The van der Waals surface area contributed by atoms with Crippen LogP contribution in [-0.4, -0.2) is 7.11 Å². The van der Waals surface area contributed by atoms with Gasteiger partial charge >= 0.3 is 0 Å². The summed E-state index contributed by atoms with van der Waals surface area (Å²) in [6.45, 7) is 2.53. The van der Waals surface area contributed by atoms with Gasteiger partial charge in [-0.05, 0) is 54.0 Å². The lowest BCUT2D eigenvalue weighted by Gasteiger charge is -2.41. The van der Waals surface area contributed by atoms with Crippen molar-refractivity contribution in [1.82, 2.24) is 0 Å². The summed E-state index contributed by atoms with van der Waals surface area (Å²) in [7, 11) is 1.56. The molecule has 6 heteroatoms. The maximum atomic E-state index is 10.2. The van der Waals surface area contributed by atoms with Gasteiger partial charge in [-0.2, -0.15) is 15.8 Å². The number of hydrogen-bond acceptors (Lipinski definition) is 6. The van der Waals surface area contributed by atoms with E-state index < -0.39 is 11.3 Å². The molecule has 2 aliphatic rings. The van der Waals surface area contributed by atoms with Crippen molar-refractivity contribution < 1.29 is 9.47 Å². The van der Waals surface area contributed by atoms with Crippen molar-refractivity contribution in [1.29, 1.82) is 15.8 Å². The van der Waals surface area contributed by atoms with Crippen LogP contribution < -0.4 is 15.2 Å². The van der Waals surface area contributed by atoms with Crippen molar-refractivity contribution in [2.75, 3.05) is 7.11 Å². The van der Waals surface area contributed by atoms with Crippen molar-refractivity contribution in [3.63, 3.8) is 0 Å². The van der Waals surface area contributed by atoms with Gasteiger partial charge in [-0.1, -0.05) is 48.9 Å². The molecule has 0 radical (unpaired) electrons. The number of nitrogens with zero attached hydrogens (tertiary/aromatic N) is 3. The summed E-state index contributed by atoms with van der Waals surface area (Å²) < 4.78 is 11.6. The molecule has 2 aromatic carbocycles. The van der Waals surface area contributed by atoms with Crippen LogP contribution in [0.25, 0.3) is 0 Å². The highest BCUT2D eigenvalue weighted by Gasteiger charge is 2.51. The average molecular weight is 451 g/mol. The molecule has 6 nitrogen and oxygen atoms in total. The lowest BCUT2D eigenvalue weighted by molar-refractivity contribution is 0.284. The van der Waals surface area contributed by atoms with Gasteiger partial charge in [-0.15, -0.1) is 0 Å². The zero-order valence-electron chi connectivity index (χ0n) is 19.3. The van der Waals surface area contributed by atoms with Gasteiger partial charge in [0.1, 0.15) is 12.7 Å². The van der Waals surface area contributed by atoms with Crippen molar-refractivity contribution in [2.45, 2.75) is 38.7 Å². The number of nitriles is 3. The van der Waals surface area contributed by atoms with Crippen molar-refractivity contribution >= 4 is 0 Å². The van der Waals surface area contributed by atoms with E-state index in [1.165, 1.54) is 0 Å². The molecule has 0 aromatic heterocycles. The predicted molar refractivity (Wildman–Crippen MR) is 127 cm³/mol. The molecule has 0 unspecified atom stereocenters. The Morgan fingerprint density at radius 1 is 1.06 bits per heavy atom. The van der Waals surface area contributed by atoms with E-state index in [0.29, 0.717) is 36.9 Å². The molecule has 0 spiro atoms. The first-order chi connectivity index (χ1) is 16.5. The fourth-order valence-corrected chi connectivity index (χ4v) is 5.08. The number of hydrogen-bond donors (Lipinski definition) is 1. The Morgan fingerprint density at radius 2 is 1.79 bits per heavy atom. The summed E-state index contributed by atoms with van der Waals surface area (Å²) in [5, 5.41) is 30.3. The van der Waals surface area contributed by atoms with E-state index in [9.17, 15) is 15.8 Å². The number of nitrogens with two attached hydrogens (primary N) is 1. The summed E-state index contributed by atoms with van der Waals surface area (Å²) >= 11 is 0. The van der Waals surface area contributed by atoms with E-state index in [1.54, 1.807) is 7.11 Å². The minimum absolute atomic E-state index is 0.0432. The van der Waals surface area contributed by atoms with E-state index in [4.69, 9.17) is 15.2 Å². The lowest BCUT2D eigenvalue weighted by Crippen LogP contribution is -2.39. The minimum atomic E-state index is -1.67. The topological polar surface area (TPSA) is 116 Å². The zero-order chi connectivity index (χ0) is 24.3. The summed E-state index contributed by atoms with van der Waals surface area (Å²) in [4.78, 5) is 0. The van der Waals surface area contributed by atoms with Crippen LogP contribution in [0, 0.1) is 45.3 Å².